The number of benzene rings is 1. The zero-order valence-corrected chi connectivity index (χ0v) is 9.47. The molecule has 92 valence electrons. The third kappa shape index (κ3) is 2.22. The van der Waals surface area contributed by atoms with Gasteiger partial charge in [-0.25, -0.2) is 0 Å². The minimum Gasteiger partial charge on any atom is -0.502 e. The summed E-state index contributed by atoms with van der Waals surface area (Å²) in [6.07, 6.45) is 0. The van der Waals surface area contributed by atoms with E-state index in [0.717, 1.165) is 0 Å². The fourth-order valence-electron chi connectivity index (χ4n) is 1.97. The Hall–Kier alpha value is -1.66. The Balaban J connectivity index is 2.41. The molecule has 1 aliphatic rings. The normalized spacial score (nSPS) is 20.2. The van der Waals surface area contributed by atoms with Gasteiger partial charge in [0.15, 0.2) is 5.75 Å². The summed E-state index contributed by atoms with van der Waals surface area (Å²) in [5, 5.41) is 24.0. The number of hydrogen-bond donors (Lipinski definition) is 2. The molecule has 0 bridgehead atoms. The number of ether oxygens (including phenoxy) is 1. The Morgan fingerprint density at radius 1 is 1.59 bits per heavy atom. The summed E-state index contributed by atoms with van der Waals surface area (Å²) in [5.74, 6) is -0.266. The van der Waals surface area contributed by atoms with Crippen LogP contribution in [0.1, 0.15) is 17.2 Å². The van der Waals surface area contributed by atoms with Crippen molar-refractivity contribution in [3.8, 4) is 5.75 Å². The fraction of sp³-hybridized carbons (Fsp3) is 0.455. The summed E-state index contributed by atoms with van der Waals surface area (Å²) in [4.78, 5) is 10.3. The van der Waals surface area contributed by atoms with Crippen LogP contribution < -0.4 is 5.32 Å². The van der Waals surface area contributed by atoms with Crippen molar-refractivity contribution in [1.82, 2.24) is 5.32 Å². The van der Waals surface area contributed by atoms with Crippen molar-refractivity contribution < 1.29 is 14.8 Å². The van der Waals surface area contributed by atoms with Gasteiger partial charge in [0.2, 0.25) is 0 Å². The van der Waals surface area contributed by atoms with Gasteiger partial charge in [-0.3, -0.25) is 10.1 Å². The van der Waals surface area contributed by atoms with Gasteiger partial charge in [-0.1, -0.05) is 12.1 Å². The van der Waals surface area contributed by atoms with Gasteiger partial charge >= 0.3 is 5.69 Å². The van der Waals surface area contributed by atoms with Crippen LogP contribution in [0.15, 0.2) is 12.1 Å². The highest BCUT2D eigenvalue weighted by Crippen LogP contribution is 2.36. The van der Waals surface area contributed by atoms with Crippen LogP contribution in [-0.2, 0) is 4.74 Å². The fourth-order valence-corrected chi connectivity index (χ4v) is 1.97. The molecule has 2 rings (SSSR count). The molecule has 0 aliphatic carbocycles. The Kier molecular flexibility index (Phi) is 3.26. The monoisotopic (exact) mass is 238 g/mol. The van der Waals surface area contributed by atoms with Crippen molar-refractivity contribution in [2.45, 2.75) is 13.0 Å². The Morgan fingerprint density at radius 2 is 2.35 bits per heavy atom. The molecule has 1 fully saturated rings. The molecule has 1 aliphatic heterocycles. The van der Waals surface area contributed by atoms with Gasteiger partial charge in [-0.15, -0.1) is 0 Å². The minimum atomic E-state index is -0.558. The van der Waals surface area contributed by atoms with E-state index in [1.807, 2.05) is 0 Å². The van der Waals surface area contributed by atoms with Crippen LogP contribution >= 0.6 is 0 Å². The van der Waals surface area contributed by atoms with E-state index in [4.69, 9.17) is 4.74 Å². The molecular formula is C11H14N2O4. The summed E-state index contributed by atoms with van der Waals surface area (Å²) in [6.45, 7) is 3.30. The minimum absolute atomic E-state index is 0.192. The predicted octanol–water partition coefficient (Wildman–Crippen LogP) is 1.27. The number of nitro groups is 1. The summed E-state index contributed by atoms with van der Waals surface area (Å²) < 4.78 is 5.28. The number of phenols is 1. The van der Waals surface area contributed by atoms with Crippen molar-refractivity contribution in [3.05, 3.63) is 33.4 Å². The molecule has 17 heavy (non-hydrogen) atoms. The molecule has 2 N–H and O–H groups in total. The smallest absolute Gasteiger partial charge is 0.313 e. The molecule has 0 unspecified atom stereocenters. The molecule has 1 atom stereocenters. The molecule has 0 radical (unpaired) electrons. The van der Waals surface area contributed by atoms with E-state index in [0.29, 0.717) is 30.9 Å². The van der Waals surface area contributed by atoms with Crippen molar-refractivity contribution in [2.75, 3.05) is 19.8 Å². The molecule has 1 aromatic rings. The molecular weight excluding hydrogens is 224 g/mol. The topological polar surface area (TPSA) is 84.6 Å². The van der Waals surface area contributed by atoms with Gasteiger partial charge in [0.25, 0.3) is 0 Å². The number of rotatable bonds is 2. The van der Waals surface area contributed by atoms with Crippen LogP contribution in [0.2, 0.25) is 0 Å². The third-order valence-electron chi connectivity index (χ3n) is 2.86. The largest absolute Gasteiger partial charge is 0.502 e. The second kappa shape index (κ2) is 4.68. The highest BCUT2D eigenvalue weighted by atomic mass is 16.6. The summed E-state index contributed by atoms with van der Waals surface area (Å²) in [6, 6.07) is 3.15. The van der Waals surface area contributed by atoms with E-state index in [9.17, 15) is 15.2 Å². The first-order valence-corrected chi connectivity index (χ1v) is 5.39. The lowest BCUT2D eigenvalue weighted by molar-refractivity contribution is -0.386. The van der Waals surface area contributed by atoms with E-state index in [2.05, 4.69) is 5.32 Å². The summed E-state index contributed by atoms with van der Waals surface area (Å²) in [5.41, 5.74) is 0.741. The van der Waals surface area contributed by atoms with E-state index >= 15 is 0 Å². The maximum Gasteiger partial charge on any atom is 0.313 e. The van der Waals surface area contributed by atoms with Crippen LogP contribution in [0.3, 0.4) is 0 Å². The average Bonchev–Trinajstić information content (AvgIpc) is 2.30. The van der Waals surface area contributed by atoms with E-state index in [1.54, 1.807) is 19.1 Å². The average molecular weight is 238 g/mol. The Morgan fingerprint density at radius 3 is 2.94 bits per heavy atom. The van der Waals surface area contributed by atoms with Crippen LogP contribution in [0.25, 0.3) is 0 Å². The number of aromatic hydroxyl groups is 1. The number of nitrogens with zero attached hydrogens (tertiary/aromatic N) is 1. The number of aryl methyl sites for hydroxylation is 1. The second-order valence-corrected chi connectivity index (χ2v) is 4.01. The quantitative estimate of drug-likeness (QED) is 0.598. The van der Waals surface area contributed by atoms with Gasteiger partial charge in [-0.2, -0.15) is 0 Å². The van der Waals surface area contributed by atoms with Crippen molar-refractivity contribution in [3.63, 3.8) is 0 Å². The maximum absolute atomic E-state index is 10.9. The van der Waals surface area contributed by atoms with Crippen LogP contribution in [0.5, 0.6) is 5.75 Å². The zero-order chi connectivity index (χ0) is 12.4. The summed E-state index contributed by atoms with van der Waals surface area (Å²) >= 11 is 0. The molecule has 0 spiro atoms. The molecule has 1 heterocycles. The van der Waals surface area contributed by atoms with Crippen molar-refractivity contribution in [1.29, 1.82) is 0 Å². The maximum atomic E-state index is 10.9. The van der Waals surface area contributed by atoms with Gasteiger partial charge in [0, 0.05) is 17.7 Å². The molecule has 0 aromatic heterocycles. The van der Waals surface area contributed by atoms with Gasteiger partial charge in [0.05, 0.1) is 24.2 Å². The number of phenolic OH excluding ortho intramolecular Hbond substituents is 1. The zero-order valence-electron chi connectivity index (χ0n) is 9.47. The molecule has 6 nitrogen and oxygen atoms in total. The summed E-state index contributed by atoms with van der Waals surface area (Å²) in [7, 11) is 0. The molecule has 0 saturated carbocycles. The predicted molar refractivity (Wildman–Crippen MR) is 61.1 cm³/mol. The van der Waals surface area contributed by atoms with E-state index < -0.39 is 4.92 Å². The van der Waals surface area contributed by atoms with Gasteiger partial charge in [-0.05, 0) is 6.92 Å². The first-order chi connectivity index (χ1) is 8.11. The lowest BCUT2D eigenvalue weighted by Crippen LogP contribution is -2.34. The van der Waals surface area contributed by atoms with E-state index in [1.165, 1.54) is 0 Å². The number of nitrogens with one attached hydrogen (secondary N) is 1. The highest BCUT2D eigenvalue weighted by molar-refractivity contribution is 5.56. The standard InChI is InChI=1S/C11H14N2O4/c1-7-2-3-8(9-6-17-5-4-12-9)11(14)10(7)13(15)16/h2-3,9,12,14H,4-6H2,1H3/t9-/m1/s1. The van der Waals surface area contributed by atoms with E-state index in [-0.39, 0.29) is 17.5 Å². The van der Waals surface area contributed by atoms with Crippen molar-refractivity contribution in [2.24, 2.45) is 0 Å². The van der Waals surface area contributed by atoms with Gasteiger partial charge < -0.3 is 15.2 Å². The number of morpholine rings is 1. The van der Waals surface area contributed by atoms with Gasteiger partial charge in [0.1, 0.15) is 0 Å². The lowest BCUT2D eigenvalue weighted by Gasteiger charge is -2.24. The lowest BCUT2D eigenvalue weighted by atomic mass is 10.0. The number of nitro benzene ring substituents is 1. The molecule has 1 aromatic carbocycles. The molecule has 1 saturated heterocycles. The molecule has 0 amide bonds. The van der Waals surface area contributed by atoms with Crippen LogP contribution in [0, 0.1) is 17.0 Å². The van der Waals surface area contributed by atoms with Crippen LogP contribution in [-0.4, -0.2) is 29.8 Å². The molecule has 6 heteroatoms. The Bertz CT molecular complexity index is 441. The second-order valence-electron chi connectivity index (χ2n) is 4.01. The number of hydrogen-bond acceptors (Lipinski definition) is 5. The third-order valence-corrected chi connectivity index (χ3v) is 2.86. The van der Waals surface area contributed by atoms with Crippen LogP contribution in [0.4, 0.5) is 5.69 Å². The highest BCUT2D eigenvalue weighted by Gasteiger charge is 2.26. The first-order valence-electron chi connectivity index (χ1n) is 5.39. The SMILES string of the molecule is Cc1ccc([C@H]2COCCN2)c(O)c1[N+](=O)[O-]. The Labute approximate surface area is 98.4 Å². The first kappa shape index (κ1) is 11.8. The van der Waals surface area contributed by atoms with Crippen molar-refractivity contribution >= 4 is 5.69 Å².